The van der Waals surface area contributed by atoms with Crippen molar-refractivity contribution in [3.05, 3.63) is 40.0 Å². The van der Waals surface area contributed by atoms with E-state index in [1.807, 2.05) is 6.92 Å². The van der Waals surface area contributed by atoms with E-state index in [1.54, 1.807) is 18.2 Å². The molecule has 0 bridgehead atoms. The Bertz CT molecular complexity index is 577. The second-order valence-electron chi connectivity index (χ2n) is 3.50. The first kappa shape index (κ1) is 12.9. The summed E-state index contributed by atoms with van der Waals surface area (Å²) in [7, 11) is 0. The van der Waals surface area contributed by atoms with Crippen LogP contribution >= 0.6 is 23.2 Å². The number of anilines is 1. The molecule has 1 heterocycles. The van der Waals surface area contributed by atoms with Gasteiger partial charge in [0.15, 0.2) is 0 Å². The van der Waals surface area contributed by atoms with Crippen LogP contribution in [-0.4, -0.2) is 9.97 Å². The quantitative estimate of drug-likeness (QED) is 0.669. The van der Waals surface area contributed by atoms with Crippen LogP contribution in [0.5, 0.6) is 11.6 Å². The molecule has 0 aliphatic rings. The lowest BCUT2D eigenvalue weighted by Crippen LogP contribution is -2.10. The lowest BCUT2D eigenvalue weighted by atomic mass is 10.2. The maximum Gasteiger partial charge on any atom is 0.243 e. The van der Waals surface area contributed by atoms with Crippen molar-refractivity contribution in [1.29, 1.82) is 0 Å². The average Bonchev–Trinajstić information content (AvgIpc) is 2.35. The minimum Gasteiger partial charge on any atom is -0.437 e. The van der Waals surface area contributed by atoms with E-state index in [4.69, 9.17) is 33.8 Å². The van der Waals surface area contributed by atoms with Gasteiger partial charge in [-0.05, 0) is 30.7 Å². The minimum atomic E-state index is 0.223. The third-order valence-electron chi connectivity index (χ3n) is 2.18. The predicted molar refractivity (Wildman–Crippen MR) is 71.1 cm³/mol. The summed E-state index contributed by atoms with van der Waals surface area (Å²) in [6.07, 6.45) is 1.41. The second kappa shape index (κ2) is 5.39. The molecule has 5 nitrogen and oxygen atoms in total. The Morgan fingerprint density at radius 1 is 1.33 bits per heavy atom. The zero-order valence-corrected chi connectivity index (χ0v) is 11.0. The first-order valence-corrected chi connectivity index (χ1v) is 5.79. The fourth-order valence-electron chi connectivity index (χ4n) is 1.32. The number of nitrogen functional groups attached to an aromatic ring is 1. The van der Waals surface area contributed by atoms with Gasteiger partial charge in [0.1, 0.15) is 10.8 Å². The molecular formula is C11H10Cl2N4O. The highest BCUT2D eigenvalue weighted by atomic mass is 35.5. The summed E-state index contributed by atoms with van der Waals surface area (Å²) in [5, 5.41) is 0.932. The molecule has 0 atom stereocenters. The van der Waals surface area contributed by atoms with Gasteiger partial charge in [0.2, 0.25) is 11.8 Å². The highest BCUT2D eigenvalue weighted by Crippen LogP contribution is 2.30. The van der Waals surface area contributed by atoms with Crippen LogP contribution in [-0.2, 0) is 0 Å². The SMILES string of the molecule is Cc1cc(Cl)ccc1Oc1nc(NN)ncc1Cl. The summed E-state index contributed by atoms with van der Waals surface area (Å²) in [4.78, 5) is 7.87. The molecule has 0 saturated heterocycles. The van der Waals surface area contributed by atoms with Crippen molar-refractivity contribution in [3.63, 3.8) is 0 Å². The van der Waals surface area contributed by atoms with Crippen LogP contribution in [0.4, 0.5) is 5.95 Å². The third kappa shape index (κ3) is 2.81. The number of aryl methyl sites for hydroxylation is 1. The van der Waals surface area contributed by atoms with Gasteiger partial charge >= 0.3 is 0 Å². The number of hydrogen-bond acceptors (Lipinski definition) is 5. The van der Waals surface area contributed by atoms with Crippen LogP contribution in [0.1, 0.15) is 5.56 Å². The Kier molecular flexibility index (Phi) is 3.86. The number of nitrogens with zero attached hydrogens (tertiary/aromatic N) is 2. The van der Waals surface area contributed by atoms with Crippen LogP contribution < -0.4 is 16.0 Å². The third-order valence-corrected chi connectivity index (χ3v) is 2.68. The van der Waals surface area contributed by atoms with E-state index in [1.165, 1.54) is 6.20 Å². The molecule has 0 radical (unpaired) electrons. The molecular weight excluding hydrogens is 275 g/mol. The van der Waals surface area contributed by atoms with E-state index < -0.39 is 0 Å². The summed E-state index contributed by atoms with van der Waals surface area (Å²) in [5.74, 6) is 6.28. The molecule has 0 unspecified atom stereocenters. The van der Waals surface area contributed by atoms with Gasteiger partial charge in [0.25, 0.3) is 0 Å². The van der Waals surface area contributed by atoms with Gasteiger partial charge in [-0.1, -0.05) is 23.2 Å². The lowest BCUT2D eigenvalue weighted by Gasteiger charge is -2.09. The normalized spacial score (nSPS) is 10.2. The average molecular weight is 285 g/mol. The zero-order chi connectivity index (χ0) is 13.1. The fourth-order valence-corrected chi connectivity index (χ4v) is 1.68. The Hall–Kier alpha value is -1.56. The summed E-state index contributed by atoms with van der Waals surface area (Å²) < 4.78 is 5.60. The number of benzene rings is 1. The van der Waals surface area contributed by atoms with Crippen molar-refractivity contribution in [1.82, 2.24) is 9.97 Å². The first-order valence-electron chi connectivity index (χ1n) is 5.03. The number of hydrogen-bond donors (Lipinski definition) is 2. The van der Waals surface area contributed by atoms with Crippen LogP contribution in [0.25, 0.3) is 0 Å². The van der Waals surface area contributed by atoms with Crippen molar-refractivity contribution in [3.8, 4) is 11.6 Å². The van der Waals surface area contributed by atoms with Crippen LogP contribution in [0.2, 0.25) is 10.0 Å². The van der Waals surface area contributed by atoms with Gasteiger partial charge in [0, 0.05) is 5.02 Å². The number of hydrazine groups is 1. The molecule has 0 amide bonds. The monoisotopic (exact) mass is 284 g/mol. The number of aromatic nitrogens is 2. The maximum atomic E-state index is 5.94. The van der Waals surface area contributed by atoms with Gasteiger partial charge in [-0.3, -0.25) is 5.43 Å². The molecule has 2 aromatic rings. The predicted octanol–water partition coefficient (Wildman–Crippen LogP) is 3.17. The standard InChI is InChI=1S/C11H10Cl2N4O/c1-6-4-7(12)2-3-9(6)18-10-8(13)5-15-11(16-10)17-14/h2-5H,14H2,1H3,(H,15,16,17). The smallest absolute Gasteiger partial charge is 0.243 e. The van der Waals surface area contributed by atoms with Crippen LogP contribution in [0, 0.1) is 6.92 Å². The molecule has 1 aromatic carbocycles. The van der Waals surface area contributed by atoms with Crippen molar-refractivity contribution in [2.75, 3.05) is 5.43 Å². The molecule has 7 heteroatoms. The van der Waals surface area contributed by atoms with Crippen molar-refractivity contribution in [2.45, 2.75) is 6.92 Å². The van der Waals surface area contributed by atoms with Gasteiger partial charge in [-0.15, -0.1) is 0 Å². The van der Waals surface area contributed by atoms with E-state index >= 15 is 0 Å². The van der Waals surface area contributed by atoms with Gasteiger partial charge in [-0.2, -0.15) is 4.98 Å². The molecule has 18 heavy (non-hydrogen) atoms. The molecule has 94 valence electrons. The summed E-state index contributed by atoms with van der Waals surface area (Å²) in [6, 6.07) is 5.25. The van der Waals surface area contributed by atoms with Crippen LogP contribution in [0.15, 0.2) is 24.4 Å². The molecule has 0 aliphatic heterocycles. The van der Waals surface area contributed by atoms with E-state index in [0.29, 0.717) is 15.8 Å². The molecule has 3 N–H and O–H groups in total. The highest BCUT2D eigenvalue weighted by molar-refractivity contribution is 6.31. The van der Waals surface area contributed by atoms with E-state index in [9.17, 15) is 0 Å². The first-order chi connectivity index (χ1) is 8.60. The topological polar surface area (TPSA) is 73.1 Å². The van der Waals surface area contributed by atoms with Gasteiger partial charge < -0.3 is 4.74 Å². The van der Waals surface area contributed by atoms with E-state index in [2.05, 4.69) is 15.4 Å². The molecule has 0 saturated carbocycles. The number of halogens is 2. The fraction of sp³-hybridized carbons (Fsp3) is 0.0909. The van der Waals surface area contributed by atoms with E-state index in [-0.39, 0.29) is 11.8 Å². The van der Waals surface area contributed by atoms with Crippen molar-refractivity contribution in [2.24, 2.45) is 5.84 Å². The largest absolute Gasteiger partial charge is 0.437 e. The number of nitrogens with two attached hydrogens (primary N) is 1. The number of nitrogens with one attached hydrogen (secondary N) is 1. The van der Waals surface area contributed by atoms with Gasteiger partial charge in [-0.25, -0.2) is 10.8 Å². The Labute approximate surface area is 114 Å². The summed E-state index contributed by atoms with van der Waals surface area (Å²) >= 11 is 11.8. The molecule has 0 spiro atoms. The molecule has 2 rings (SSSR count). The second-order valence-corrected chi connectivity index (χ2v) is 4.35. The Morgan fingerprint density at radius 3 is 2.78 bits per heavy atom. The molecule has 1 aromatic heterocycles. The number of ether oxygens (including phenoxy) is 1. The summed E-state index contributed by atoms with van der Waals surface area (Å²) in [5.41, 5.74) is 3.20. The molecule has 0 aliphatic carbocycles. The zero-order valence-electron chi connectivity index (χ0n) is 9.45. The van der Waals surface area contributed by atoms with E-state index in [0.717, 1.165) is 5.56 Å². The van der Waals surface area contributed by atoms with Crippen LogP contribution in [0.3, 0.4) is 0 Å². The minimum absolute atomic E-state index is 0.223. The lowest BCUT2D eigenvalue weighted by molar-refractivity contribution is 0.459. The maximum absolute atomic E-state index is 5.94. The highest BCUT2D eigenvalue weighted by Gasteiger charge is 2.09. The van der Waals surface area contributed by atoms with Crippen molar-refractivity contribution >= 4 is 29.2 Å². The van der Waals surface area contributed by atoms with Crippen molar-refractivity contribution < 1.29 is 4.74 Å². The Morgan fingerprint density at radius 2 is 2.11 bits per heavy atom. The summed E-state index contributed by atoms with van der Waals surface area (Å²) in [6.45, 7) is 1.87. The van der Waals surface area contributed by atoms with Gasteiger partial charge in [0.05, 0.1) is 6.20 Å². The number of rotatable bonds is 3. The Balaban J connectivity index is 2.33. The molecule has 0 fully saturated rings.